The minimum absolute atomic E-state index is 0.271. The van der Waals surface area contributed by atoms with Gasteiger partial charge in [0.05, 0.1) is 12.7 Å². The monoisotopic (exact) mass is 489 g/mol. The van der Waals surface area contributed by atoms with Gasteiger partial charge in [0.25, 0.3) is 0 Å². The van der Waals surface area contributed by atoms with Crippen LogP contribution in [-0.4, -0.2) is 18.2 Å². The van der Waals surface area contributed by atoms with E-state index < -0.39 is 5.97 Å². The summed E-state index contributed by atoms with van der Waals surface area (Å²) < 4.78 is 12.5. The Morgan fingerprint density at radius 2 is 1.67 bits per heavy atom. The zero-order valence-corrected chi connectivity index (χ0v) is 18.7. The highest BCUT2D eigenvalue weighted by molar-refractivity contribution is 9.10. The fourth-order valence-corrected chi connectivity index (χ4v) is 3.48. The third-order valence-corrected chi connectivity index (χ3v) is 5.51. The molecule has 2 N–H and O–H groups in total. The van der Waals surface area contributed by atoms with Crippen LogP contribution in [0.25, 0.3) is 0 Å². The molecule has 0 atom stereocenters. The summed E-state index contributed by atoms with van der Waals surface area (Å²) >= 11 is 9.55. The highest BCUT2D eigenvalue weighted by Crippen LogP contribution is 2.37. The molecule has 3 rings (SSSR count). The van der Waals surface area contributed by atoms with E-state index in [0.717, 1.165) is 21.2 Å². The average molecular weight is 491 g/mol. The summed E-state index contributed by atoms with van der Waals surface area (Å²) in [5.41, 5.74) is 3.19. The Kier molecular flexibility index (Phi) is 7.74. The van der Waals surface area contributed by atoms with Gasteiger partial charge in [-0.3, -0.25) is 0 Å². The molecule has 3 aromatic rings. The molecule has 0 aromatic heterocycles. The van der Waals surface area contributed by atoms with Crippen LogP contribution in [0.1, 0.15) is 27.0 Å². The van der Waals surface area contributed by atoms with Crippen LogP contribution in [0.2, 0.25) is 5.02 Å². The highest BCUT2D eigenvalue weighted by atomic mass is 79.9. The van der Waals surface area contributed by atoms with E-state index in [1.54, 1.807) is 31.4 Å². The smallest absolute Gasteiger partial charge is 0.335 e. The Balaban J connectivity index is 1.71. The minimum Gasteiger partial charge on any atom is -0.493 e. The number of hydrogen-bond acceptors (Lipinski definition) is 4. The largest absolute Gasteiger partial charge is 0.493 e. The van der Waals surface area contributed by atoms with E-state index in [-0.39, 0.29) is 5.56 Å². The van der Waals surface area contributed by atoms with Crippen LogP contribution in [0, 0.1) is 0 Å². The van der Waals surface area contributed by atoms with Crippen LogP contribution in [0.15, 0.2) is 65.1 Å². The van der Waals surface area contributed by atoms with Gasteiger partial charge in [-0.2, -0.15) is 0 Å². The molecule has 0 bridgehead atoms. The standard InChI is InChI=1S/C23H21BrClNO4/c1-29-21-11-10-20(24)19(22(21)30-14-16-4-8-18(25)9-5-16)13-26-12-15-2-6-17(7-3-15)23(27)28/h2-11,26H,12-14H2,1H3,(H,27,28). The van der Waals surface area contributed by atoms with Gasteiger partial charge in [-0.25, -0.2) is 4.79 Å². The van der Waals surface area contributed by atoms with Gasteiger partial charge < -0.3 is 19.9 Å². The lowest BCUT2D eigenvalue weighted by molar-refractivity contribution is 0.0697. The Morgan fingerprint density at radius 3 is 2.30 bits per heavy atom. The molecule has 7 heteroatoms. The number of carboxylic acid groups (broad SMARTS) is 1. The number of carboxylic acids is 1. The molecule has 0 amide bonds. The first-order valence-electron chi connectivity index (χ1n) is 9.23. The lowest BCUT2D eigenvalue weighted by atomic mass is 10.1. The van der Waals surface area contributed by atoms with Gasteiger partial charge >= 0.3 is 5.97 Å². The molecule has 0 fully saturated rings. The second-order valence-electron chi connectivity index (χ2n) is 6.58. The summed E-state index contributed by atoms with van der Waals surface area (Å²) in [6.07, 6.45) is 0. The number of benzene rings is 3. The summed E-state index contributed by atoms with van der Waals surface area (Å²) in [6.45, 7) is 1.50. The molecule has 0 radical (unpaired) electrons. The zero-order chi connectivity index (χ0) is 21.5. The molecule has 0 heterocycles. The van der Waals surface area contributed by atoms with Crippen molar-refractivity contribution in [2.45, 2.75) is 19.7 Å². The van der Waals surface area contributed by atoms with Gasteiger partial charge in [0.1, 0.15) is 6.61 Å². The predicted octanol–water partition coefficient (Wildman–Crippen LogP) is 5.68. The van der Waals surface area contributed by atoms with Crippen molar-refractivity contribution in [2.24, 2.45) is 0 Å². The number of halogens is 2. The maximum absolute atomic E-state index is 11.0. The molecule has 0 spiro atoms. The van der Waals surface area contributed by atoms with Crippen molar-refractivity contribution in [3.05, 3.63) is 92.4 Å². The fraction of sp³-hybridized carbons (Fsp3) is 0.174. The average Bonchev–Trinajstić information content (AvgIpc) is 2.75. The van der Waals surface area contributed by atoms with E-state index in [1.807, 2.05) is 36.4 Å². The highest BCUT2D eigenvalue weighted by Gasteiger charge is 2.15. The van der Waals surface area contributed by atoms with Crippen LogP contribution in [0.4, 0.5) is 0 Å². The van der Waals surface area contributed by atoms with Gasteiger partial charge in [-0.05, 0) is 47.5 Å². The summed E-state index contributed by atoms with van der Waals surface area (Å²) in [5.74, 6) is 0.377. The van der Waals surface area contributed by atoms with Gasteiger partial charge in [0.15, 0.2) is 11.5 Å². The van der Waals surface area contributed by atoms with E-state index in [9.17, 15) is 4.79 Å². The molecule has 5 nitrogen and oxygen atoms in total. The van der Waals surface area contributed by atoms with Gasteiger partial charge in [-0.15, -0.1) is 0 Å². The molecular weight excluding hydrogens is 470 g/mol. The Labute approximate surface area is 188 Å². The molecule has 0 saturated carbocycles. The fourth-order valence-electron chi connectivity index (χ4n) is 2.90. The molecular formula is C23H21BrClNO4. The van der Waals surface area contributed by atoms with Crippen molar-refractivity contribution < 1.29 is 19.4 Å². The first kappa shape index (κ1) is 22.2. The zero-order valence-electron chi connectivity index (χ0n) is 16.3. The van der Waals surface area contributed by atoms with Gasteiger partial charge in [0, 0.05) is 28.1 Å². The number of carbonyl (C=O) groups is 1. The number of methoxy groups -OCH3 is 1. The molecule has 3 aromatic carbocycles. The Morgan fingerprint density at radius 1 is 1.00 bits per heavy atom. The van der Waals surface area contributed by atoms with Crippen molar-refractivity contribution in [1.29, 1.82) is 0 Å². The lowest BCUT2D eigenvalue weighted by Gasteiger charge is -2.17. The Hall–Kier alpha value is -2.54. The quantitative estimate of drug-likeness (QED) is 0.404. The first-order valence-corrected chi connectivity index (χ1v) is 10.4. The lowest BCUT2D eigenvalue weighted by Crippen LogP contribution is -2.15. The number of hydrogen-bond donors (Lipinski definition) is 2. The summed E-state index contributed by atoms with van der Waals surface area (Å²) in [5, 5.41) is 13.1. The second-order valence-corrected chi connectivity index (χ2v) is 7.87. The number of aromatic carboxylic acids is 1. The number of ether oxygens (including phenoxy) is 2. The van der Waals surface area contributed by atoms with Crippen molar-refractivity contribution in [1.82, 2.24) is 5.32 Å². The summed E-state index contributed by atoms with van der Waals surface area (Å²) in [7, 11) is 1.61. The molecule has 156 valence electrons. The maximum Gasteiger partial charge on any atom is 0.335 e. The molecule has 0 aliphatic rings. The van der Waals surface area contributed by atoms with Gasteiger partial charge in [0.2, 0.25) is 0 Å². The van der Waals surface area contributed by atoms with Crippen molar-refractivity contribution in [3.8, 4) is 11.5 Å². The topological polar surface area (TPSA) is 67.8 Å². The normalized spacial score (nSPS) is 10.6. The molecule has 0 saturated heterocycles. The van der Waals surface area contributed by atoms with Crippen LogP contribution >= 0.6 is 27.5 Å². The van der Waals surface area contributed by atoms with Crippen molar-refractivity contribution in [3.63, 3.8) is 0 Å². The van der Waals surface area contributed by atoms with Crippen LogP contribution in [0.3, 0.4) is 0 Å². The predicted molar refractivity (Wildman–Crippen MR) is 120 cm³/mol. The third-order valence-electron chi connectivity index (χ3n) is 4.52. The van der Waals surface area contributed by atoms with Crippen molar-refractivity contribution >= 4 is 33.5 Å². The van der Waals surface area contributed by atoms with Crippen LogP contribution in [-0.2, 0) is 19.7 Å². The maximum atomic E-state index is 11.0. The van der Waals surface area contributed by atoms with Crippen LogP contribution < -0.4 is 14.8 Å². The second kappa shape index (κ2) is 10.5. The SMILES string of the molecule is COc1ccc(Br)c(CNCc2ccc(C(=O)O)cc2)c1OCc1ccc(Cl)cc1. The third kappa shape index (κ3) is 5.75. The molecule has 0 unspecified atom stereocenters. The van der Waals surface area contributed by atoms with Crippen molar-refractivity contribution in [2.75, 3.05) is 7.11 Å². The summed E-state index contributed by atoms with van der Waals surface area (Å²) in [6, 6.07) is 18.1. The van der Waals surface area contributed by atoms with E-state index in [0.29, 0.717) is 36.2 Å². The number of nitrogens with one attached hydrogen (secondary N) is 1. The summed E-state index contributed by atoms with van der Waals surface area (Å²) in [4.78, 5) is 11.0. The molecule has 30 heavy (non-hydrogen) atoms. The van der Waals surface area contributed by atoms with Crippen LogP contribution in [0.5, 0.6) is 11.5 Å². The minimum atomic E-state index is -0.933. The van der Waals surface area contributed by atoms with E-state index >= 15 is 0 Å². The van der Waals surface area contributed by atoms with E-state index in [1.165, 1.54) is 0 Å². The molecule has 0 aliphatic carbocycles. The van der Waals surface area contributed by atoms with E-state index in [4.69, 9.17) is 26.2 Å². The van der Waals surface area contributed by atoms with Gasteiger partial charge in [-0.1, -0.05) is 51.8 Å². The number of rotatable bonds is 9. The molecule has 0 aliphatic heterocycles. The first-order chi connectivity index (χ1) is 14.5. The Bertz CT molecular complexity index is 1010. The van der Waals surface area contributed by atoms with E-state index in [2.05, 4.69) is 21.2 Å².